The van der Waals surface area contributed by atoms with Gasteiger partial charge in [-0.05, 0) is 12.8 Å². The number of rotatable bonds is 4. The molecule has 2 aromatic rings. The van der Waals surface area contributed by atoms with Crippen molar-refractivity contribution in [2.45, 2.75) is 18.9 Å². The second-order valence-corrected chi connectivity index (χ2v) is 6.00. The van der Waals surface area contributed by atoms with E-state index in [9.17, 15) is 4.79 Å². The van der Waals surface area contributed by atoms with Crippen molar-refractivity contribution < 1.29 is 9.53 Å². The number of hydrogen-bond donors (Lipinski definition) is 1. The largest absolute Gasteiger partial charge is 0.489 e. The van der Waals surface area contributed by atoms with E-state index in [4.69, 9.17) is 45.3 Å². The molecule has 1 aliphatic rings. The summed E-state index contributed by atoms with van der Waals surface area (Å²) < 4.78 is 5.66. The molecular formula is C14H10Cl3N3O2. The number of aromatic nitrogens is 2. The summed E-state index contributed by atoms with van der Waals surface area (Å²) >= 11 is 18.8. The predicted molar refractivity (Wildman–Crippen MR) is 84.7 cm³/mol. The minimum Gasteiger partial charge on any atom is -0.489 e. The summed E-state index contributed by atoms with van der Waals surface area (Å²) in [6.07, 6.45) is 4.76. The lowest BCUT2D eigenvalue weighted by atomic mass is 10.2. The van der Waals surface area contributed by atoms with Gasteiger partial charge in [-0.1, -0.05) is 34.8 Å². The van der Waals surface area contributed by atoms with Crippen LogP contribution in [0, 0.1) is 0 Å². The fraction of sp³-hybridized carbons (Fsp3) is 0.214. The molecule has 114 valence electrons. The van der Waals surface area contributed by atoms with Crippen molar-refractivity contribution in [3.63, 3.8) is 0 Å². The highest BCUT2D eigenvalue weighted by atomic mass is 35.5. The summed E-state index contributed by atoms with van der Waals surface area (Å²) in [7, 11) is 0. The lowest BCUT2D eigenvalue weighted by Crippen LogP contribution is -2.11. The van der Waals surface area contributed by atoms with Crippen molar-refractivity contribution in [3.8, 4) is 17.1 Å². The molecule has 5 nitrogen and oxygen atoms in total. The van der Waals surface area contributed by atoms with Crippen LogP contribution in [-0.4, -0.2) is 22.0 Å². The molecule has 3 rings (SSSR count). The second-order valence-electron chi connectivity index (χ2n) is 4.84. The molecule has 0 radical (unpaired) electrons. The van der Waals surface area contributed by atoms with Crippen molar-refractivity contribution in [1.82, 2.24) is 9.97 Å². The molecule has 0 aliphatic heterocycles. The van der Waals surface area contributed by atoms with Gasteiger partial charge in [0.2, 0.25) is 0 Å². The van der Waals surface area contributed by atoms with Crippen LogP contribution < -0.4 is 10.5 Å². The van der Waals surface area contributed by atoms with Crippen LogP contribution in [0.2, 0.25) is 15.1 Å². The van der Waals surface area contributed by atoms with Gasteiger partial charge in [-0.25, -0.2) is 9.97 Å². The Morgan fingerprint density at radius 2 is 1.82 bits per heavy atom. The van der Waals surface area contributed by atoms with Gasteiger partial charge >= 0.3 is 0 Å². The zero-order valence-corrected chi connectivity index (χ0v) is 13.4. The van der Waals surface area contributed by atoms with Gasteiger partial charge in [-0.2, -0.15) is 0 Å². The summed E-state index contributed by atoms with van der Waals surface area (Å²) in [5, 5.41) is 0.782. The molecule has 0 atom stereocenters. The summed E-state index contributed by atoms with van der Waals surface area (Å²) in [5.74, 6) is 0.0755. The molecule has 1 saturated carbocycles. The number of primary amides is 1. The maximum absolute atomic E-state index is 11.0. The van der Waals surface area contributed by atoms with E-state index in [-0.39, 0.29) is 27.5 Å². The minimum absolute atomic E-state index is 0.168. The van der Waals surface area contributed by atoms with E-state index < -0.39 is 5.91 Å². The van der Waals surface area contributed by atoms with Crippen molar-refractivity contribution in [1.29, 1.82) is 0 Å². The third-order valence-electron chi connectivity index (χ3n) is 3.10. The number of nitrogens with two attached hydrogens (primary N) is 1. The number of ether oxygens (including phenoxy) is 1. The first-order valence-corrected chi connectivity index (χ1v) is 7.57. The molecular weight excluding hydrogens is 349 g/mol. The number of carbonyl (C=O) groups excluding carboxylic acids is 1. The summed E-state index contributed by atoms with van der Waals surface area (Å²) in [4.78, 5) is 19.2. The van der Waals surface area contributed by atoms with Gasteiger partial charge in [0.05, 0.1) is 27.3 Å². The van der Waals surface area contributed by atoms with Crippen LogP contribution in [0.5, 0.6) is 5.75 Å². The van der Waals surface area contributed by atoms with E-state index >= 15 is 0 Å². The molecule has 1 aromatic carbocycles. The molecule has 1 aromatic heterocycles. The molecule has 0 saturated heterocycles. The third-order valence-corrected chi connectivity index (χ3v) is 4.25. The molecule has 0 bridgehead atoms. The van der Waals surface area contributed by atoms with Crippen LogP contribution in [0.15, 0.2) is 18.5 Å². The molecule has 1 heterocycles. The SMILES string of the molecule is NC(=O)c1cnc(-c2c(Cl)cc(OC3CC3)c(Cl)c2Cl)nc1. The fourth-order valence-corrected chi connectivity index (χ4v) is 2.61. The lowest BCUT2D eigenvalue weighted by Gasteiger charge is -2.13. The quantitative estimate of drug-likeness (QED) is 0.844. The first-order chi connectivity index (χ1) is 10.5. The molecule has 22 heavy (non-hydrogen) atoms. The average Bonchev–Trinajstić information content (AvgIpc) is 3.29. The average molecular weight is 359 g/mol. The predicted octanol–water partition coefficient (Wildman–Crippen LogP) is 3.74. The molecule has 1 amide bonds. The van der Waals surface area contributed by atoms with Crippen molar-refractivity contribution in [2.75, 3.05) is 0 Å². The van der Waals surface area contributed by atoms with Gasteiger partial charge in [0.15, 0.2) is 5.82 Å². The number of hydrogen-bond acceptors (Lipinski definition) is 4. The maximum atomic E-state index is 11.0. The summed E-state index contributed by atoms with van der Waals surface area (Å²) in [6, 6.07) is 1.59. The lowest BCUT2D eigenvalue weighted by molar-refractivity contribution is 0.0999. The van der Waals surface area contributed by atoms with Crippen LogP contribution in [-0.2, 0) is 0 Å². The molecule has 1 fully saturated rings. The third kappa shape index (κ3) is 2.97. The second kappa shape index (κ2) is 5.91. The number of benzene rings is 1. The first-order valence-electron chi connectivity index (χ1n) is 6.43. The molecule has 2 N–H and O–H groups in total. The van der Waals surface area contributed by atoms with E-state index in [0.717, 1.165) is 12.8 Å². The molecule has 0 spiro atoms. The number of nitrogens with zero attached hydrogens (tertiary/aromatic N) is 2. The van der Waals surface area contributed by atoms with Crippen LogP contribution in [0.1, 0.15) is 23.2 Å². The first kappa shape index (κ1) is 15.3. The van der Waals surface area contributed by atoms with Crippen LogP contribution in [0.4, 0.5) is 0 Å². The standard InChI is InChI=1S/C14H10Cl3N3O2/c15-8-3-9(22-7-1-2-7)11(16)12(17)10(8)14-19-4-6(5-20-14)13(18)21/h3-5,7H,1-2H2,(H2,18,21). The van der Waals surface area contributed by atoms with Crippen molar-refractivity contribution in [2.24, 2.45) is 5.73 Å². The zero-order chi connectivity index (χ0) is 15.9. The van der Waals surface area contributed by atoms with Gasteiger partial charge in [0.25, 0.3) is 5.91 Å². The monoisotopic (exact) mass is 357 g/mol. The normalized spacial score (nSPS) is 14.0. The maximum Gasteiger partial charge on any atom is 0.251 e. The molecule has 0 unspecified atom stereocenters. The van der Waals surface area contributed by atoms with Gasteiger partial charge in [0.1, 0.15) is 10.8 Å². The number of amides is 1. The minimum atomic E-state index is -0.616. The smallest absolute Gasteiger partial charge is 0.251 e. The number of halogens is 3. The Bertz CT molecular complexity index is 746. The fourth-order valence-electron chi connectivity index (χ4n) is 1.81. The van der Waals surface area contributed by atoms with E-state index in [0.29, 0.717) is 16.3 Å². The Morgan fingerprint density at radius 3 is 2.36 bits per heavy atom. The Balaban J connectivity index is 2.02. The van der Waals surface area contributed by atoms with Gasteiger partial charge in [0, 0.05) is 18.5 Å². The van der Waals surface area contributed by atoms with Crippen LogP contribution >= 0.6 is 34.8 Å². The van der Waals surface area contributed by atoms with Gasteiger partial charge < -0.3 is 10.5 Å². The van der Waals surface area contributed by atoms with Crippen LogP contribution in [0.3, 0.4) is 0 Å². The van der Waals surface area contributed by atoms with Gasteiger partial charge in [-0.15, -0.1) is 0 Å². The van der Waals surface area contributed by atoms with Crippen molar-refractivity contribution in [3.05, 3.63) is 39.1 Å². The Hall–Kier alpha value is -1.56. The molecule has 8 heteroatoms. The van der Waals surface area contributed by atoms with E-state index in [1.807, 2.05) is 0 Å². The van der Waals surface area contributed by atoms with E-state index in [2.05, 4.69) is 9.97 Å². The highest BCUT2D eigenvalue weighted by molar-refractivity contribution is 6.46. The Labute approximate surface area is 141 Å². The molecule has 1 aliphatic carbocycles. The highest BCUT2D eigenvalue weighted by Gasteiger charge is 2.27. The Morgan fingerprint density at radius 1 is 1.18 bits per heavy atom. The van der Waals surface area contributed by atoms with Crippen molar-refractivity contribution >= 4 is 40.7 Å². The van der Waals surface area contributed by atoms with E-state index in [1.165, 1.54) is 12.4 Å². The van der Waals surface area contributed by atoms with Crippen LogP contribution in [0.25, 0.3) is 11.4 Å². The number of carbonyl (C=O) groups is 1. The summed E-state index contributed by atoms with van der Waals surface area (Å²) in [5.41, 5.74) is 5.72. The van der Waals surface area contributed by atoms with Gasteiger partial charge in [-0.3, -0.25) is 4.79 Å². The zero-order valence-electron chi connectivity index (χ0n) is 11.1. The highest BCUT2D eigenvalue weighted by Crippen LogP contribution is 2.44. The van der Waals surface area contributed by atoms with E-state index in [1.54, 1.807) is 6.07 Å². The summed E-state index contributed by atoms with van der Waals surface area (Å²) in [6.45, 7) is 0. The topological polar surface area (TPSA) is 78.1 Å². The Kier molecular flexibility index (Phi) is 4.12.